The summed E-state index contributed by atoms with van der Waals surface area (Å²) in [5.41, 5.74) is 3.83. The topological polar surface area (TPSA) is 25.8 Å². The summed E-state index contributed by atoms with van der Waals surface area (Å²) in [5, 5.41) is 0. The lowest BCUT2D eigenvalue weighted by atomic mass is 10.2. The molecule has 0 unspecified atom stereocenters. The second-order valence-electron chi connectivity index (χ2n) is 2.74. The van der Waals surface area contributed by atoms with Gasteiger partial charge in [-0.2, -0.15) is 0 Å². The van der Waals surface area contributed by atoms with E-state index in [2.05, 4.69) is 16.9 Å². The first kappa shape index (κ1) is 9.17. The maximum Gasteiger partial charge on any atom is 0.115 e. The van der Waals surface area contributed by atoms with Crippen molar-refractivity contribution < 1.29 is 0 Å². The predicted octanol–water partition coefficient (Wildman–Crippen LogP) is 2.30. The molecule has 0 saturated carbocycles. The Hall–Kier alpha value is -0.920. The Morgan fingerprint density at radius 2 is 1.92 bits per heavy atom. The van der Waals surface area contributed by atoms with Gasteiger partial charge in [-0.25, -0.2) is 9.97 Å². The number of hydrogen-bond donors (Lipinski definition) is 0. The van der Waals surface area contributed by atoms with E-state index in [1.54, 1.807) is 6.33 Å². The Balaban J connectivity index is 0.000000336. The Bertz CT molecular complexity index is 256. The van der Waals surface area contributed by atoms with Gasteiger partial charge in [-0.15, -0.1) is 0 Å². The molecule has 12 heavy (non-hydrogen) atoms. The van der Waals surface area contributed by atoms with Gasteiger partial charge < -0.3 is 0 Å². The Labute approximate surface area is 74.1 Å². The second kappa shape index (κ2) is 4.19. The smallest absolute Gasteiger partial charge is 0.115 e. The molecule has 0 aromatic carbocycles. The molecule has 0 amide bonds. The summed E-state index contributed by atoms with van der Waals surface area (Å²) in [6.07, 6.45) is 5.26. The van der Waals surface area contributed by atoms with E-state index in [9.17, 15) is 0 Å². The number of aryl methyl sites for hydroxylation is 2. The van der Waals surface area contributed by atoms with Gasteiger partial charge >= 0.3 is 0 Å². The molecule has 1 heterocycles. The first-order valence-electron chi connectivity index (χ1n) is 4.67. The van der Waals surface area contributed by atoms with Crippen LogP contribution in [0.5, 0.6) is 0 Å². The van der Waals surface area contributed by atoms with Crippen LogP contribution in [0.3, 0.4) is 0 Å². The molecular weight excluding hydrogens is 148 g/mol. The van der Waals surface area contributed by atoms with Gasteiger partial charge in [-0.3, -0.25) is 0 Å². The molecule has 0 saturated heterocycles. The fraction of sp³-hybridized carbons (Fsp3) is 0.600. The molecule has 0 radical (unpaired) electrons. The number of aromatic nitrogens is 2. The van der Waals surface area contributed by atoms with Crippen molar-refractivity contribution in [1.82, 2.24) is 9.97 Å². The van der Waals surface area contributed by atoms with Crippen LogP contribution >= 0.6 is 0 Å². The summed E-state index contributed by atoms with van der Waals surface area (Å²) in [4.78, 5) is 8.35. The summed E-state index contributed by atoms with van der Waals surface area (Å²) < 4.78 is 0. The average Bonchev–Trinajstić information content (AvgIpc) is 2.57. The SMILES string of the molecule is CC.Cc1ncnc2c1CCC2. The monoisotopic (exact) mass is 164 g/mol. The molecule has 0 fully saturated rings. The zero-order chi connectivity index (χ0) is 8.97. The van der Waals surface area contributed by atoms with E-state index in [-0.39, 0.29) is 0 Å². The highest BCUT2D eigenvalue weighted by atomic mass is 14.8. The third-order valence-electron chi connectivity index (χ3n) is 2.09. The van der Waals surface area contributed by atoms with Gasteiger partial charge in [0.25, 0.3) is 0 Å². The molecule has 0 spiro atoms. The Morgan fingerprint density at radius 3 is 2.58 bits per heavy atom. The third kappa shape index (κ3) is 1.63. The van der Waals surface area contributed by atoms with Crippen molar-refractivity contribution in [2.45, 2.75) is 40.0 Å². The fourth-order valence-corrected chi connectivity index (χ4v) is 1.52. The zero-order valence-corrected chi connectivity index (χ0v) is 8.09. The van der Waals surface area contributed by atoms with Crippen LogP contribution in [0.25, 0.3) is 0 Å². The van der Waals surface area contributed by atoms with Crippen molar-refractivity contribution in [3.05, 3.63) is 23.3 Å². The van der Waals surface area contributed by atoms with Crippen LogP contribution in [0.15, 0.2) is 6.33 Å². The van der Waals surface area contributed by atoms with Gasteiger partial charge in [-0.1, -0.05) is 13.8 Å². The molecule has 1 aliphatic carbocycles. The highest BCUT2D eigenvalue weighted by Crippen LogP contribution is 2.20. The molecule has 1 aromatic heterocycles. The lowest BCUT2D eigenvalue weighted by molar-refractivity contribution is 0.898. The highest BCUT2D eigenvalue weighted by molar-refractivity contribution is 5.27. The van der Waals surface area contributed by atoms with Crippen molar-refractivity contribution in [1.29, 1.82) is 0 Å². The lowest BCUT2D eigenvalue weighted by Gasteiger charge is -1.98. The summed E-state index contributed by atoms with van der Waals surface area (Å²) in [5.74, 6) is 0. The first-order valence-corrected chi connectivity index (χ1v) is 4.67. The predicted molar refractivity (Wildman–Crippen MR) is 50.1 cm³/mol. The number of nitrogens with zero attached hydrogens (tertiary/aromatic N) is 2. The first-order chi connectivity index (χ1) is 5.88. The van der Waals surface area contributed by atoms with Crippen molar-refractivity contribution in [2.75, 3.05) is 0 Å². The molecular formula is C10H16N2. The third-order valence-corrected chi connectivity index (χ3v) is 2.09. The minimum absolute atomic E-state index is 1.15. The molecule has 1 aromatic rings. The molecule has 2 nitrogen and oxygen atoms in total. The molecule has 0 N–H and O–H groups in total. The van der Waals surface area contributed by atoms with Gasteiger partial charge in [0.05, 0.1) is 0 Å². The fourth-order valence-electron chi connectivity index (χ4n) is 1.52. The highest BCUT2D eigenvalue weighted by Gasteiger charge is 2.13. The summed E-state index contributed by atoms with van der Waals surface area (Å²) in [7, 11) is 0. The normalized spacial score (nSPS) is 13.2. The molecule has 0 aliphatic heterocycles. The largest absolute Gasteiger partial charge is 0.241 e. The van der Waals surface area contributed by atoms with E-state index >= 15 is 0 Å². The maximum absolute atomic E-state index is 4.21. The van der Waals surface area contributed by atoms with Crippen LogP contribution in [0.4, 0.5) is 0 Å². The van der Waals surface area contributed by atoms with E-state index in [1.807, 2.05) is 13.8 Å². The minimum Gasteiger partial charge on any atom is -0.241 e. The Morgan fingerprint density at radius 1 is 1.17 bits per heavy atom. The second-order valence-corrected chi connectivity index (χ2v) is 2.74. The molecule has 0 atom stereocenters. The van der Waals surface area contributed by atoms with E-state index in [0.717, 1.165) is 6.42 Å². The molecule has 2 heteroatoms. The summed E-state index contributed by atoms with van der Waals surface area (Å²) in [6, 6.07) is 0. The number of fused-ring (bicyclic) bond motifs is 1. The molecule has 0 bridgehead atoms. The van der Waals surface area contributed by atoms with Gasteiger partial charge in [-0.05, 0) is 31.7 Å². The van der Waals surface area contributed by atoms with Crippen LogP contribution in [0.1, 0.15) is 37.2 Å². The van der Waals surface area contributed by atoms with Crippen molar-refractivity contribution in [2.24, 2.45) is 0 Å². The lowest BCUT2D eigenvalue weighted by Crippen LogP contribution is -1.93. The van der Waals surface area contributed by atoms with Crippen LogP contribution in [-0.2, 0) is 12.8 Å². The van der Waals surface area contributed by atoms with E-state index in [0.29, 0.717) is 0 Å². The van der Waals surface area contributed by atoms with Crippen molar-refractivity contribution in [3.63, 3.8) is 0 Å². The molecule has 66 valence electrons. The van der Waals surface area contributed by atoms with Gasteiger partial charge in [0.2, 0.25) is 0 Å². The van der Waals surface area contributed by atoms with Gasteiger partial charge in [0, 0.05) is 11.4 Å². The maximum atomic E-state index is 4.21. The standard InChI is InChI=1S/C8H10N2.C2H6/c1-6-7-3-2-4-8(7)10-5-9-6;1-2/h5H,2-4H2,1H3;1-2H3. The van der Waals surface area contributed by atoms with Crippen molar-refractivity contribution in [3.8, 4) is 0 Å². The van der Waals surface area contributed by atoms with Gasteiger partial charge in [0.1, 0.15) is 6.33 Å². The molecule has 2 rings (SSSR count). The Kier molecular flexibility index (Phi) is 3.20. The zero-order valence-electron chi connectivity index (χ0n) is 8.09. The minimum atomic E-state index is 1.15. The number of hydrogen-bond acceptors (Lipinski definition) is 2. The summed E-state index contributed by atoms with van der Waals surface area (Å²) >= 11 is 0. The van der Waals surface area contributed by atoms with Crippen LogP contribution in [0.2, 0.25) is 0 Å². The molecule has 1 aliphatic rings. The quantitative estimate of drug-likeness (QED) is 0.588. The van der Waals surface area contributed by atoms with Crippen LogP contribution < -0.4 is 0 Å². The van der Waals surface area contributed by atoms with Gasteiger partial charge in [0.15, 0.2) is 0 Å². The van der Waals surface area contributed by atoms with E-state index < -0.39 is 0 Å². The summed E-state index contributed by atoms with van der Waals surface area (Å²) in [6.45, 7) is 6.06. The van der Waals surface area contributed by atoms with E-state index in [4.69, 9.17) is 0 Å². The average molecular weight is 164 g/mol. The van der Waals surface area contributed by atoms with Crippen molar-refractivity contribution >= 4 is 0 Å². The van der Waals surface area contributed by atoms with Crippen LogP contribution in [-0.4, -0.2) is 9.97 Å². The van der Waals surface area contributed by atoms with E-state index in [1.165, 1.54) is 29.8 Å². The number of rotatable bonds is 0. The van der Waals surface area contributed by atoms with Crippen LogP contribution in [0, 0.1) is 6.92 Å².